The number of amides is 2. The molecule has 0 aromatic heterocycles. The molecule has 2 amide bonds. The minimum Gasteiger partial charge on any atom is -0.490 e. The number of hydrogen-bond donors (Lipinski definition) is 2. The normalized spacial score (nSPS) is 16.4. The Bertz CT molecular complexity index is 781. The molecule has 8 nitrogen and oxygen atoms in total. The van der Waals surface area contributed by atoms with Crippen LogP contribution in [0.25, 0.3) is 0 Å². The van der Waals surface area contributed by atoms with Crippen molar-refractivity contribution in [3.05, 3.63) is 29.8 Å². The first-order valence-corrected chi connectivity index (χ1v) is 9.94. The van der Waals surface area contributed by atoms with Crippen molar-refractivity contribution in [1.29, 1.82) is 0 Å². The number of carbonyl (C=O) groups excluding carboxylic acids is 3. The minimum atomic E-state index is -0.843. The second-order valence-electron chi connectivity index (χ2n) is 7.17. The van der Waals surface area contributed by atoms with Gasteiger partial charge in [-0.1, -0.05) is 12.1 Å². The van der Waals surface area contributed by atoms with Gasteiger partial charge in [-0.15, -0.1) is 0 Å². The number of para-hydroxylation sites is 1. The summed E-state index contributed by atoms with van der Waals surface area (Å²) < 4.78 is 10.8. The largest absolute Gasteiger partial charge is 0.490 e. The van der Waals surface area contributed by atoms with Crippen LogP contribution in [0.5, 0.6) is 5.75 Å². The molecule has 9 heteroatoms. The van der Waals surface area contributed by atoms with Crippen LogP contribution in [0.15, 0.2) is 24.3 Å². The van der Waals surface area contributed by atoms with Gasteiger partial charge in [0.15, 0.2) is 5.11 Å². The molecule has 0 radical (unpaired) electrons. The molecule has 2 N–H and O–H groups in total. The highest BCUT2D eigenvalue weighted by atomic mass is 32.1. The van der Waals surface area contributed by atoms with Crippen LogP contribution >= 0.6 is 12.2 Å². The Labute approximate surface area is 175 Å². The lowest BCUT2D eigenvalue weighted by Crippen LogP contribution is -2.60. The standard InChI is InChI=1S/C20H27N3O5S/c1-12(2)27-16-8-6-5-7-14(16)18(25)22-20(29)23-10-9-21-19(26)15(23)11-17(24)28-13(3)4/h5-8,12-13,15H,9-11H2,1-4H3,(H,21,26)(H,22,25,29). The quantitative estimate of drug-likeness (QED) is 0.532. The summed E-state index contributed by atoms with van der Waals surface area (Å²) in [5.41, 5.74) is 0.334. The third-order valence-corrected chi connectivity index (χ3v) is 4.37. The maximum Gasteiger partial charge on any atom is 0.308 e. The van der Waals surface area contributed by atoms with E-state index in [1.54, 1.807) is 43.0 Å². The van der Waals surface area contributed by atoms with Crippen LogP contribution < -0.4 is 15.4 Å². The average Bonchev–Trinajstić information content (AvgIpc) is 2.62. The zero-order chi connectivity index (χ0) is 21.6. The molecule has 1 aromatic rings. The molecule has 1 atom stereocenters. The van der Waals surface area contributed by atoms with Gasteiger partial charge in [0.05, 0.1) is 24.2 Å². The number of ether oxygens (including phenoxy) is 2. The zero-order valence-electron chi connectivity index (χ0n) is 17.1. The van der Waals surface area contributed by atoms with Crippen LogP contribution in [0.2, 0.25) is 0 Å². The summed E-state index contributed by atoms with van der Waals surface area (Å²) in [6.45, 7) is 7.93. The Morgan fingerprint density at radius 2 is 1.93 bits per heavy atom. The topological polar surface area (TPSA) is 97.0 Å². The van der Waals surface area contributed by atoms with Gasteiger partial charge in [-0.25, -0.2) is 0 Å². The number of benzene rings is 1. The molecule has 29 heavy (non-hydrogen) atoms. The van der Waals surface area contributed by atoms with E-state index >= 15 is 0 Å². The highest BCUT2D eigenvalue weighted by Crippen LogP contribution is 2.20. The van der Waals surface area contributed by atoms with E-state index < -0.39 is 17.9 Å². The van der Waals surface area contributed by atoms with E-state index in [1.807, 2.05) is 13.8 Å². The third kappa shape index (κ3) is 6.42. The molecule has 1 aromatic carbocycles. The van der Waals surface area contributed by atoms with Crippen LogP contribution in [0.3, 0.4) is 0 Å². The van der Waals surface area contributed by atoms with Crippen molar-refractivity contribution in [3.63, 3.8) is 0 Å². The lowest BCUT2D eigenvalue weighted by Gasteiger charge is -2.36. The van der Waals surface area contributed by atoms with Gasteiger partial charge in [-0.2, -0.15) is 0 Å². The van der Waals surface area contributed by atoms with Gasteiger partial charge in [-0.3, -0.25) is 19.7 Å². The smallest absolute Gasteiger partial charge is 0.308 e. The molecular formula is C20H27N3O5S. The molecule has 0 bridgehead atoms. The third-order valence-electron chi connectivity index (χ3n) is 4.03. The Hall–Kier alpha value is -2.68. The fourth-order valence-corrected chi connectivity index (χ4v) is 3.19. The number of rotatable bonds is 6. The summed E-state index contributed by atoms with van der Waals surface area (Å²) in [4.78, 5) is 38.7. The highest BCUT2D eigenvalue weighted by Gasteiger charge is 2.34. The minimum absolute atomic E-state index is 0.0755. The molecule has 1 aliphatic rings. The van der Waals surface area contributed by atoms with Crippen LogP contribution in [0.1, 0.15) is 44.5 Å². The highest BCUT2D eigenvalue weighted by molar-refractivity contribution is 7.80. The average molecular weight is 422 g/mol. The van der Waals surface area contributed by atoms with Crippen molar-refractivity contribution in [3.8, 4) is 5.75 Å². The number of piperazine rings is 1. The summed E-state index contributed by atoms with van der Waals surface area (Å²) in [6.07, 6.45) is -0.544. The first-order valence-electron chi connectivity index (χ1n) is 9.53. The molecule has 1 saturated heterocycles. The van der Waals surface area contributed by atoms with Gasteiger partial charge in [0.25, 0.3) is 5.91 Å². The predicted octanol–water partition coefficient (Wildman–Crippen LogP) is 1.63. The number of esters is 1. The monoisotopic (exact) mass is 421 g/mol. The van der Waals surface area contributed by atoms with Gasteiger partial charge in [-0.05, 0) is 52.0 Å². The fourth-order valence-electron chi connectivity index (χ4n) is 2.88. The SMILES string of the molecule is CC(C)OC(=O)CC1C(=O)NCCN1C(=S)NC(=O)c1ccccc1OC(C)C. The number of thiocarbonyl (C=S) groups is 1. The number of hydrogen-bond acceptors (Lipinski definition) is 6. The van der Waals surface area contributed by atoms with Gasteiger partial charge in [0.2, 0.25) is 5.91 Å². The van der Waals surface area contributed by atoms with Crippen molar-refractivity contribution >= 4 is 35.1 Å². The molecule has 1 fully saturated rings. The van der Waals surface area contributed by atoms with Crippen LogP contribution in [-0.2, 0) is 14.3 Å². The second kappa shape index (κ2) is 10.2. The molecule has 1 unspecified atom stereocenters. The van der Waals surface area contributed by atoms with Gasteiger partial charge in [0, 0.05) is 13.1 Å². The molecule has 2 rings (SSSR count). The molecule has 1 aliphatic heterocycles. The van der Waals surface area contributed by atoms with Gasteiger partial charge in [0.1, 0.15) is 11.8 Å². The molecule has 0 spiro atoms. The first-order chi connectivity index (χ1) is 13.7. The number of nitrogens with zero attached hydrogens (tertiary/aromatic N) is 1. The van der Waals surface area contributed by atoms with Crippen molar-refractivity contribution < 1.29 is 23.9 Å². The lowest BCUT2D eigenvalue weighted by molar-refractivity contribution is -0.150. The maximum absolute atomic E-state index is 12.8. The van der Waals surface area contributed by atoms with E-state index in [0.29, 0.717) is 24.4 Å². The van der Waals surface area contributed by atoms with E-state index in [9.17, 15) is 14.4 Å². The fraction of sp³-hybridized carbons (Fsp3) is 0.500. The van der Waals surface area contributed by atoms with Crippen LogP contribution in [0.4, 0.5) is 0 Å². The second-order valence-corrected chi connectivity index (χ2v) is 7.55. The molecule has 0 aliphatic carbocycles. The molecular weight excluding hydrogens is 394 g/mol. The summed E-state index contributed by atoms with van der Waals surface area (Å²) in [5, 5.41) is 5.44. The maximum atomic E-state index is 12.8. The number of nitrogens with one attached hydrogen (secondary N) is 2. The molecule has 1 heterocycles. The Morgan fingerprint density at radius 1 is 1.24 bits per heavy atom. The predicted molar refractivity (Wildman–Crippen MR) is 112 cm³/mol. The van der Waals surface area contributed by atoms with E-state index in [1.165, 1.54) is 0 Å². The van der Waals surface area contributed by atoms with Crippen LogP contribution in [-0.4, -0.2) is 59.1 Å². The zero-order valence-corrected chi connectivity index (χ0v) is 17.9. The van der Waals surface area contributed by atoms with Crippen LogP contribution in [0, 0.1) is 0 Å². The summed E-state index contributed by atoms with van der Waals surface area (Å²) >= 11 is 5.37. The van der Waals surface area contributed by atoms with Gasteiger partial charge >= 0.3 is 5.97 Å². The van der Waals surface area contributed by atoms with E-state index in [0.717, 1.165) is 0 Å². The van der Waals surface area contributed by atoms with E-state index in [4.69, 9.17) is 21.7 Å². The van der Waals surface area contributed by atoms with Crippen molar-refractivity contribution in [1.82, 2.24) is 15.5 Å². The van der Waals surface area contributed by atoms with Crippen molar-refractivity contribution in [2.75, 3.05) is 13.1 Å². The summed E-state index contributed by atoms with van der Waals surface area (Å²) in [7, 11) is 0. The summed E-state index contributed by atoms with van der Waals surface area (Å²) in [5.74, 6) is -0.842. The Kier molecular flexibility index (Phi) is 7.95. The molecule has 0 saturated carbocycles. The van der Waals surface area contributed by atoms with E-state index in [2.05, 4.69) is 10.6 Å². The first kappa shape index (κ1) is 22.6. The van der Waals surface area contributed by atoms with E-state index in [-0.39, 0.29) is 29.6 Å². The van der Waals surface area contributed by atoms with Crippen molar-refractivity contribution in [2.45, 2.75) is 52.4 Å². The van der Waals surface area contributed by atoms with Crippen molar-refractivity contribution in [2.24, 2.45) is 0 Å². The Morgan fingerprint density at radius 3 is 2.59 bits per heavy atom. The lowest BCUT2D eigenvalue weighted by atomic mass is 10.1. The van der Waals surface area contributed by atoms with Gasteiger partial charge < -0.3 is 19.7 Å². The number of carbonyl (C=O) groups is 3. The Balaban J connectivity index is 2.12. The molecule has 158 valence electrons. The summed E-state index contributed by atoms with van der Waals surface area (Å²) in [6, 6.07) is 6.00.